The summed E-state index contributed by atoms with van der Waals surface area (Å²) < 4.78 is 5.87. The van der Waals surface area contributed by atoms with Gasteiger partial charge in [-0.3, -0.25) is 4.79 Å². The second-order valence-corrected chi connectivity index (χ2v) is 6.21. The fraction of sp³-hybridized carbons (Fsp3) is 0.300. The molecule has 5 heteroatoms. The Morgan fingerprint density at radius 1 is 1.08 bits per heavy atom. The number of carbonyl (C=O) groups excluding carboxylic acids is 1. The van der Waals surface area contributed by atoms with Crippen LogP contribution < -0.4 is 15.4 Å². The van der Waals surface area contributed by atoms with Crippen LogP contribution in [0.3, 0.4) is 0 Å². The predicted molar refractivity (Wildman–Crippen MR) is 96.4 cm³/mol. The zero-order valence-electron chi connectivity index (χ0n) is 14.0. The molecule has 1 aliphatic carbocycles. The minimum absolute atomic E-state index is 0.0958. The van der Waals surface area contributed by atoms with Gasteiger partial charge in [-0.05, 0) is 49.9 Å². The van der Waals surface area contributed by atoms with Gasteiger partial charge in [-0.15, -0.1) is 0 Å². The van der Waals surface area contributed by atoms with E-state index in [0.717, 1.165) is 37.1 Å². The van der Waals surface area contributed by atoms with E-state index in [1.54, 1.807) is 0 Å². The van der Waals surface area contributed by atoms with Crippen molar-refractivity contribution in [3.63, 3.8) is 0 Å². The lowest BCUT2D eigenvalue weighted by Crippen LogP contribution is -2.47. The van der Waals surface area contributed by atoms with Gasteiger partial charge in [-0.2, -0.15) is 5.26 Å². The number of hydrogen-bond donors (Lipinski definition) is 2. The molecule has 128 valence electrons. The van der Waals surface area contributed by atoms with Crippen LogP contribution in [0.4, 0.5) is 5.69 Å². The Labute approximate surface area is 147 Å². The minimum Gasteiger partial charge on any atom is -0.455 e. The largest absolute Gasteiger partial charge is 0.455 e. The molecular weight excluding hydrogens is 314 g/mol. The molecule has 2 aromatic rings. The summed E-state index contributed by atoms with van der Waals surface area (Å²) in [5, 5.41) is 15.3. The average molecular weight is 335 g/mol. The average Bonchev–Trinajstić information content (AvgIpc) is 3.11. The summed E-state index contributed by atoms with van der Waals surface area (Å²) in [4.78, 5) is 12.2. The lowest BCUT2D eigenvalue weighted by Gasteiger charge is -2.22. The molecule has 1 fully saturated rings. The molecule has 0 aliphatic heterocycles. The Morgan fingerprint density at radius 3 is 2.48 bits per heavy atom. The molecule has 0 unspecified atom stereocenters. The van der Waals surface area contributed by atoms with Gasteiger partial charge in [0.05, 0.1) is 18.3 Å². The second-order valence-electron chi connectivity index (χ2n) is 6.21. The number of benzene rings is 2. The van der Waals surface area contributed by atoms with Crippen LogP contribution in [-0.4, -0.2) is 18.0 Å². The Kier molecular flexibility index (Phi) is 5.20. The van der Waals surface area contributed by atoms with Crippen molar-refractivity contribution in [2.75, 3.05) is 11.9 Å². The van der Waals surface area contributed by atoms with E-state index >= 15 is 0 Å². The fourth-order valence-electron chi connectivity index (χ4n) is 3.05. The normalized spacial score (nSPS) is 15.2. The van der Waals surface area contributed by atoms with Crippen molar-refractivity contribution in [2.45, 2.75) is 31.2 Å². The van der Waals surface area contributed by atoms with Gasteiger partial charge in [-0.25, -0.2) is 0 Å². The molecule has 1 amide bonds. The quantitative estimate of drug-likeness (QED) is 0.841. The van der Waals surface area contributed by atoms with E-state index in [1.807, 2.05) is 54.6 Å². The number of amides is 1. The molecule has 0 spiro atoms. The minimum atomic E-state index is -0.696. The fourth-order valence-corrected chi connectivity index (χ4v) is 3.05. The molecule has 1 aliphatic rings. The molecule has 0 heterocycles. The highest BCUT2D eigenvalue weighted by molar-refractivity contribution is 5.82. The number of anilines is 1. The molecule has 1 saturated carbocycles. The van der Waals surface area contributed by atoms with Gasteiger partial charge >= 0.3 is 0 Å². The van der Waals surface area contributed by atoms with Gasteiger partial charge in [0.25, 0.3) is 0 Å². The van der Waals surface area contributed by atoms with Crippen molar-refractivity contribution in [2.24, 2.45) is 0 Å². The van der Waals surface area contributed by atoms with E-state index in [4.69, 9.17) is 4.74 Å². The van der Waals surface area contributed by atoms with Gasteiger partial charge in [0.2, 0.25) is 5.91 Å². The summed E-state index contributed by atoms with van der Waals surface area (Å²) in [7, 11) is 0. The topological polar surface area (TPSA) is 74.2 Å². The second kappa shape index (κ2) is 7.71. The maximum Gasteiger partial charge on any atom is 0.240 e. The zero-order valence-corrected chi connectivity index (χ0v) is 14.0. The highest BCUT2D eigenvalue weighted by Crippen LogP contribution is 2.30. The Hall–Kier alpha value is -3.00. The molecule has 0 bridgehead atoms. The van der Waals surface area contributed by atoms with Crippen LogP contribution in [0, 0.1) is 11.3 Å². The molecule has 0 saturated heterocycles. The molecule has 0 aromatic heterocycles. The number of hydrogen-bond acceptors (Lipinski definition) is 4. The SMILES string of the molecule is N#CC1(NC(=O)CNc2ccccc2Oc2ccccc2)CCCC1. The first-order chi connectivity index (χ1) is 12.2. The smallest absolute Gasteiger partial charge is 0.240 e. The number of nitrogens with zero attached hydrogens (tertiary/aromatic N) is 1. The van der Waals surface area contributed by atoms with Crippen molar-refractivity contribution in [3.05, 3.63) is 54.6 Å². The number of rotatable bonds is 6. The molecule has 3 rings (SSSR count). The molecule has 2 N–H and O–H groups in total. The summed E-state index contributed by atoms with van der Waals surface area (Å²) in [5.41, 5.74) is 0.0395. The third kappa shape index (κ3) is 4.30. The van der Waals surface area contributed by atoms with Gasteiger partial charge in [0.1, 0.15) is 11.3 Å². The summed E-state index contributed by atoms with van der Waals surface area (Å²) >= 11 is 0. The first-order valence-corrected chi connectivity index (χ1v) is 8.49. The van der Waals surface area contributed by atoms with Crippen LogP contribution in [0.2, 0.25) is 0 Å². The molecule has 2 aromatic carbocycles. The number of carbonyl (C=O) groups is 1. The number of nitriles is 1. The standard InChI is InChI=1S/C20H21N3O2/c21-15-20(12-6-7-13-20)23-19(24)14-22-17-10-4-5-11-18(17)25-16-8-2-1-3-9-16/h1-5,8-11,22H,6-7,12-14H2,(H,23,24). The molecular formula is C20H21N3O2. The first-order valence-electron chi connectivity index (χ1n) is 8.49. The van der Waals surface area contributed by atoms with Crippen LogP contribution >= 0.6 is 0 Å². The Balaban J connectivity index is 1.61. The number of para-hydroxylation sites is 3. The summed E-state index contributed by atoms with van der Waals surface area (Å²) in [6.07, 6.45) is 3.41. The van der Waals surface area contributed by atoms with E-state index in [-0.39, 0.29) is 12.5 Å². The molecule has 5 nitrogen and oxygen atoms in total. The Morgan fingerprint density at radius 2 is 1.76 bits per heavy atom. The Bertz CT molecular complexity index is 762. The van der Waals surface area contributed by atoms with E-state index in [0.29, 0.717) is 5.75 Å². The third-order valence-corrected chi connectivity index (χ3v) is 4.35. The van der Waals surface area contributed by atoms with Crippen molar-refractivity contribution in [3.8, 4) is 17.6 Å². The monoisotopic (exact) mass is 335 g/mol. The highest BCUT2D eigenvalue weighted by Gasteiger charge is 2.35. The van der Waals surface area contributed by atoms with E-state index in [2.05, 4.69) is 16.7 Å². The van der Waals surface area contributed by atoms with Crippen LogP contribution in [0.1, 0.15) is 25.7 Å². The number of nitrogens with one attached hydrogen (secondary N) is 2. The van der Waals surface area contributed by atoms with Gasteiger partial charge in [0.15, 0.2) is 5.75 Å². The maximum absolute atomic E-state index is 12.2. The van der Waals surface area contributed by atoms with Crippen LogP contribution in [-0.2, 0) is 4.79 Å². The summed E-state index contributed by atoms with van der Waals surface area (Å²) in [6, 6.07) is 19.2. The van der Waals surface area contributed by atoms with Crippen LogP contribution in [0.25, 0.3) is 0 Å². The zero-order chi connectivity index (χ0) is 17.5. The van der Waals surface area contributed by atoms with Gasteiger partial charge < -0.3 is 15.4 Å². The third-order valence-electron chi connectivity index (χ3n) is 4.35. The molecule has 0 radical (unpaired) electrons. The highest BCUT2D eigenvalue weighted by atomic mass is 16.5. The lowest BCUT2D eigenvalue weighted by molar-refractivity contribution is -0.120. The summed E-state index contributed by atoms with van der Waals surface area (Å²) in [5.74, 6) is 1.20. The lowest BCUT2D eigenvalue weighted by atomic mass is 10.00. The predicted octanol–water partition coefficient (Wildman–Crippen LogP) is 3.84. The van der Waals surface area contributed by atoms with E-state index in [1.165, 1.54) is 0 Å². The van der Waals surface area contributed by atoms with Crippen molar-refractivity contribution in [1.82, 2.24) is 5.32 Å². The summed E-state index contributed by atoms with van der Waals surface area (Å²) in [6.45, 7) is 0.0958. The maximum atomic E-state index is 12.2. The van der Waals surface area contributed by atoms with Gasteiger partial charge in [-0.1, -0.05) is 30.3 Å². The number of ether oxygens (including phenoxy) is 1. The first kappa shape index (κ1) is 16.8. The molecule has 0 atom stereocenters. The van der Waals surface area contributed by atoms with Crippen molar-refractivity contribution < 1.29 is 9.53 Å². The van der Waals surface area contributed by atoms with E-state index < -0.39 is 5.54 Å². The van der Waals surface area contributed by atoms with Gasteiger partial charge in [0, 0.05) is 0 Å². The van der Waals surface area contributed by atoms with Crippen molar-refractivity contribution in [1.29, 1.82) is 5.26 Å². The molecule has 25 heavy (non-hydrogen) atoms. The van der Waals surface area contributed by atoms with Crippen LogP contribution in [0.5, 0.6) is 11.5 Å². The van der Waals surface area contributed by atoms with E-state index in [9.17, 15) is 10.1 Å². The van der Waals surface area contributed by atoms with Crippen molar-refractivity contribution >= 4 is 11.6 Å². The van der Waals surface area contributed by atoms with Crippen LogP contribution in [0.15, 0.2) is 54.6 Å².